The normalized spacial score (nSPS) is 10.3. The van der Waals surface area contributed by atoms with Crippen molar-refractivity contribution < 1.29 is 0 Å². The summed E-state index contributed by atoms with van der Waals surface area (Å²) in [5.74, 6) is 0.560. The summed E-state index contributed by atoms with van der Waals surface area (Å²) in [6.45, 7) is 0. The van der Waals surface area contributed by atoms with Crippen LogP contribution in [0.15, 0.2) is 71.8 Å². The first-order chi connectivity index (χ1) is 10.3. The lowest BCUT2D eigenvalue weighted by molar-refractivity contribution is 1.21. The van der Waals surface area contributed by atoms with Crippen LogP contribution in [-0.2, 0) is 0 Å². The zero-order chi connectivity index (χ0) is 14.5. The Kier molecular flexibility index (Phi) is 4.38. The van der Waals surface area contributed by atoms with Crippen LogP contribution < -0.4 is 4.72 Å². The number of rotatable bonds is 4. The Labute approximate surface area is 132 Å². The van der Waals surface area contributed by atoms with E-state index in [2.05, 4.69) is 14.7 Å². The van der Waals surface area contributed by atoms with E-state index in [1.807, 2.05) is 60.7 Å². The molecule has 0 radical (unpaired) electrons. The van der Waals surface area contributed by atoms with Gasteiger partial charge < -0.3 is 4.72 Å². The topological polar surface area (TPSA) is 37.8 Å². The van der Waals surface area contributed by atoms with E-state index in [0.717, 1.165) is 16.2 Å². The van der Waals surface area contributed by atoms with Crippen LogP contribution >= 0.6 is 23.5 Å². The van der Waals surface area contributed by atoms with Crippen molar-refractivity contribution >= 4 is 29.4 Å². The van der Waals surface area contributed by atoms with Gasteiger partial charge in [0.2, 0.25) is 0 Å². The maximum absolute atomic E-state index is 6.20. The maximum atomic E-state index is 6.20. The van der Waals surface area contributed by atoms with Crippen LogP contribution in [0.1, 0.15) is 0 Å². The molecule has 0 aliphatic heterocycles. The molecule has 0 fully saturated rings. The van der Waals surface area contributed by atoms with E-state index in [0.29, 0.717) is 11.0 Å². The van der Waals surface area contributed by atoms with E-state index in [-0.39, 0.29) is 0 Å². The summed E-state index contributed by atoms with van der Waals surface area (Å²) in [7, 11) is 0. The van der Waals surface area contributed by atoms with Crippen LogP contribution in [0.5, 0.6) is 0 Å². The van der Waals surface area contributed by atoms with Crippen molar-refractivity contribution in [1.29, 1.82) is 0 Å². The molecule has 0 saturated heterocycles. The van der Waals surface area contributed by atoms with Crippen LogP contribution in [0.2, 0.25) is 5.15 Å². The third-order valence-corrected chi connectivity index (χ3v) is 3.88. The van der Waals surface area contributed by atoms with E-state index < -0.39 is 0 Å². The molecule has 21 heavy (non-hydrogen) atoms. The molecule has 5 heteroatoms. The molecule has 0 amide bonds. The molecule has 0 bridgehead atoms. The quantitative estimate of drug-likeness (QED) is 0.694. The average Bonchev–Trinajstić information content (AvgIpc) is 2.55. The fourth-order valence-corrected chi connectivity index (χ4v) is 2.68. The number of halogens is 1. The first-order valence-electron chi connectivity index (χ1n) is 6.39. The molecule has 2 aromatic carbocycles. The molecule has 3 aromatic rings. The number of hydrogen-bond acceptors (Lipinski definition) is 4. The van der Waals surface area contributed by atoms with Crippen molar-refractivity contribution in [2.24, 2.45) is 0 Å². The highest BCUT2D eigenvalue weighted by atomic mass is 35.5. The minimum absolute atomic E-state index is 0.361. The second kappa shape index (κ2) is 6.61. The summed E-state index contributed by atoms with van der Waals surface area (Å²) < 4.78 is 3.12. The number of aromatic nitrogens is 2. The lowest BCUT2D eigenvalue weighted by Gasteiger charge is -2.07. The fraction of sp³-hybridized carbons (Fsp3) is 0. The number of hydrogen-bond donors (Lipinski definition) is 1. The van der Waals surface area contributed by atoms with Gasteiger partial charge in [-0.1, -0.05) is 60.1 Å². The van der Waals surface area contributed by atoms with Gasteiger partial charge in [-0.05, 0) is 24.1 Å². The standard InChI is InChI=1S/C16H12ClN3S/c17-15-16(20-21-13-9-5-2-6-10-13)18-11-14(19-15)12-7-3-1-4-8-12/h1-11H,(H,18,20). The molecular weight excluding hydrogens is 302 g/mol. The molecule has 0 aliphatic rings. The summed E-state index contributed by atoms with van der Waals surface area (Å²) in [4.78, 5) is 9.81. The molecule has 0 unspecified atom stereocenters. The zero-order valence-corrected chi connectivity index (χ0v) is 12.6. The van der Waals surface area contributed by atoms with Gasteiger partial charge in [0.25, 0.3) is 0 Å². The Morgan fingerprint density at radius 1 is 0.905 bits per heavy atom. The van der Waals surface area contributed by atoms with Crippen LogP contribution in [0.4, 0.5) is 5.82 Å². The maximum Gasteiger partial charge on any atom is 0.174 e. The second-order valence-corrected chi connectivity index (χ2v) is 5.52. The Bertz CT molecular complexity index is 720. The SMILES string of the molecule is Clc1nc(-c2ccccc2)cnc1NSc1ccccc1. The first kappa shape index (κ1) is 13.9. The molecule has 3 rings (SSSR count). The minimum atomic E-state index is 0.361. The Morgan fingerprint density at radius 3 is 2.24 bits per heavy atom. The second-order valence-electron chi connectivity index (χ2n) is 4.28. The summed E-state index contributed by atoms with van der Waals surface area (Å²) in [6.07, 6.45) is 1.72. The van der Waals surface area contributed by atoms with Crippen LogP contribution in [-0.4, -0.2) is 9.97 Å². The van der Waals surface area contributed by atoms with Gasteiger partial charge in [0.1, 0.15) is 0 Å². The average molecular weight is 314 g/mol. The van der Waals surface area contributed by atoms with E-state index in [1.165, 1.54) is 11.9 Å². The highest BCUT2D eigenvalue weighted by Gasteiger charge is 2.07. The van der Waals surface area contributed by atoms with Crippen LogP contribution in [0.3, 0.4) is 0 Å². The van der Waals surface area contributed by atoms with E-state index >= 15 is 0 Å². The highest BCUT2D eigenvalue weighted by Crippen LogP contribution is 2.26. The van der Waals surface area contributed by atoms with Crippen molar-refractivity contribution in [3.8, 4) is 11.3 Å². The molecule has 0 spiro atoms. The molecule has 0 atom stereocenters. The lowest BCUT2D eigenvalue weighted by atomic mass is 10.2. The van der Waals surface area contributed by atoms with Crippen molar-refractivity contribution in [1.82, 2.24) is 9.97 Å². The molecule has 1 aromatic heterocycles. The molecule has 104 valence electrons. The van der Waals surface area contributed by atoms with Gasteiger partial charge in [0.15, 0.2) is 11.0 Å². The minimum Gasteiger partial charge on any atom is -0.308 e. The van der Waals surface area contributed by atoms with Crippen molar-refractivity contribution in [2.75, 3.05) is 4.72 Å². The Morgan fingerprint density at radius 2 is 1.57 bits per heavy atom. The lowest BCUT2D eigenvalue weighted by Crippen LogP contribution is -1.95. The van der Waals surface area contributed by atoms with Gasteiger partial charge in [0, 0.05) is 10.5 Å². The van der Waals surface area contributed by atoms with Crippen molar-refractivity contribution in [3.63, 3.8) is 0 Å². The zero-order valence-electron chi connectivity index (χ0n) is 11.0. The van der Waals surface area contributed by atoms with Gasteiger partial charge in [-0.2, -0.15) is 0 Å². The Balaban J connectivity index is 1.76. The van der Waals surface area contributed by atoms with E-state index in [1.54, 1.807) is 6.20 Å². The highest BCUT2D eigenvalue weighted by molar-refractivity contribution is 8.00. The first-order valence-corrected chi connectivity index (χ1v) is 7.58. The number of nitrogens with zero attached hydrogens (tertiary/aromatic N) is 2. The third kappa shape index (κ3) is 3.54. The van der Waals surface area contributed by atoms with Gasteiger partial charge in [-0.15, -0.1) is 0 Å². The summed E-state index contributed by atoms with van der Waals surface area (Å²) >= 11 is 7.65. The van der Waals surface area contributed by atoms with Gasteiger partial charge in [-0.3, -0.25) is 0 Å². The predicted molar refractivity (Wildman–Crippen MR) is 88.4 cm³/mol. The van der Waals surface area contributed by atoms with Crippen molar-refractivity contribution in [2.45, 2.75) is 4.90 Å². The summed E-state index contributed by atoms with van der Waals surface area (Å²) in [5, 5.41) is 0.361. The van der Waals surface area contributed by atoms with Crippen LogP contribution in [0.25, 0.3) is 11.3 Å². The molecule has 0 saturated carbocycles. The monoisotopic (exact) mass is 313 g/mol. The molecule has 0 aliphatic carbocycles. The van der Waals surface area contributed by atoms with Gasteiger partial charge >= 0.3 is 0 Å². The van der Waals surface area contributed by atoms with Crippen molar-refractivity contribution in [3.05, 3.63) is 72.0 Å². The fourth-order valence-electron chi connectivity index (χ4n) is 1.78. The van der Waals surface area contributed by atoms with Gasteiger partial charge in [0.05, 0.1) is 11.9 Å². The molecular formula is C16H12ClN3S. The number of nitrogens with one attached hydrogen (secondary N) is 1. The van der Waals surface area contributed by atoms with E-state index in [4.69, 9.17) is 11.6 Å². The van der Waals surface area contributed by atoms with Crippen LogP contribution in [0, 0.1) is 0 Å². The predicted octanol–water partition coefficient (Wildman–Crippen LogP) is 4.92. The molecule has 1 heterocycles. The summed E-state index contributed by atoms with van der Waals surface area (Å²) in [6, 6.07) is 19.8. The van der Waals surface area contributed by atoms with Gasteiger partial charge in [-0.25, -0.2) is 9.97 Å². The third-order valence-electron chi connectivity index (χ3n) is 2.81. The molecule has 3 nitrogen and oxygen atoms in total. The number of benzene rings is 2. The smallest absolute Gasteiger partial charge is 0.174 e. The van der Waals surface area contributed by atoms with E-state index in [9.17, 15) is 0 Å². The number of anilines is 1. The Hall–Kier alpha value is -2.04. The summed E-state index contributed by atoms with van der Waals surface area (Å²) in [5.41, 5.74) is 1.75. The largest absolute Gasteiger partial charge is 0.308 e. The molecule has 1 N–H and O–H groups in total.